The lowest BCUT2D eigenvalue weighted by molar-refractivity contribution is 0.0954. The van der Waals surface area contributed by atoms with Gasteiger partial charge in [-0.25, -0.2) is 0 Å². The van der Waals surface area contributed by atoms with E-state index in [0.29, 0.717) is 30.2 Å². The van der Waals surface area contributed by atoms with E-state index in [9.17, 15) is 4.79 Å². The monoisotopic (exact) mass is 348 g/mol. The highest BCUT2D eigenvalue weighted by molar-refractivity contribution is 5.94. The third-order valence-corrected chi connectivity index (χ3v) is 3.94. The molecule has 1 N–H and O–H groups in total. The molecule has 1 aromatic carbocycles. The zero-order chi connectivity index (χ0) is 17.9. The summed E-state index contributed by atoms with van der Waals surface area (Å²) in [5.41, 5.74) is 2.13. The van der Waals surface area contributed by atoms with Crippen molar-refractivity contribution in [2.75, 3.05) is 6.54 Å². The number of benzene rings is 1. The topological polar surface area (TPSA) is 98.2 Å². The van der Waals surface area contributed by atoms with Gasteiger partial charge in [0.25, 0.3) is 11.8 Å². The van der Waals surface area contributed by atoms with Crippen LogP contribution in [0.5, 0.6) is 0 Å². The Labute approximate surface area is 148 Å². The van der Waals surface area contributed by atoms with Gasteiger partial charge in [0.2, 0.25) is 0 Å². The van der Waals surface area contributed by atoms with Crippen molar-refractivity contribution in [2.45, 2.75) is 13.3 Å². The van der Waals surface area contributed by atoms with Crippen LogP contribution in [0.1, 0.15) is 22.0 Å². The van der Waals surface area contributed by atoms with Gasteiger partial charge in [0.05, 0.1) is 0 Å². The molecular formula is C18H16N6O2. The predicted molar refractivity (Wildman–Crippen MR) is 93.5 cm³/mol. The molecule has 26 heavy (non-hydrogen) atoms. The molecule has 0 aliphatic heterocycles. The van der Waals surface area contributed by atoms with E-state index in [0.717, 1.165) is 17.0 Å². The number of hydrogen-bond acceptors (Lipinski definition) is 6. The van der Waals surface area contributed by atoms with E-state index in [2.05, 4.69) is 25.7 Å². The van der Waals surface area contributed by atoms with Crippen LogP contribution in [0.15, 0.2) is 53.2 Å². The molecule has 3 aromatic heterocycles. The summed E-state index contributed by atoms with van der Waals surface area (Å²) in [6.07, 6.45) is 2.50. The number of aryl methyl sites for hydroxylation is 1. The van der Waals surface area contributed by atoms with Crippen LogP contribution in [0.2, 0.25) is 0 Å². The summed E-state index contributed by atoms with van der Waals surface area (Å²) in [5, 5.41) is 14.9. The minimum Gasteiger partial charge on any atom is -0.352 e. The van der Waals surface area contributed by atoms with Gasteiger partial charge in [0, 0.05) is 30.3 Å². The Balaban J connectivity index is 1.37. The average Bonchev–Trinajstić information content (AvgIpc) is 3.28. The third-order valence-electron chi connectivity index (χ3n) is 3.94. The highest BCUT2D eigenvalue weighted by atomic mass is 16.5. The Morgan fingerprint density at radius 1 is 1.15 bits per heavy atom. The van der Waals surface area contributed by atoms with Gasteiger partial charge in [0.15, 0.2) is 11.5 Å². The molecule has 0 radical (unpaired) electrons. The minimum absolute atomic E-state index is 0.146. The van der Waals surface area contributed by atoms with E-state index in [-0.39, 0.29) is 5.91 Å². The number of carbonyl (C=O) groups excluding carboxylic acids is 1. The maximum Gasteiger partial charge on any atom is 0.257 e. The molecular weight excluding hydrogens is 332 g/mol. The Morgan fingerprint density at radius 2 is 2.00 bits per heavy atom. The largest absolute Gasteiger partial charge is 0.352 e. The molecule has 4 aromatic rings. The lowest BCUT2D eigenvalue weighted by atomic mass is 10.1. The number of pyridine rings is 1. The van der Waals surface area contributed by atoms with Gasteiger partial charge < -0.3 is 9.84 Å². The lowest BCUT2D eigenvalue weighted by Crippen LogP contribution is -2.26. The summed E-state index contributed by atoms with van der Waals surface area (Å²) >= 11 is 0. The molecule has 3 heterocycles. The maximum absolute atomic E-state index is 12.3. The van der Waals surface area contributed by atoms with Crippen LogP contribution in [-0.2, 0) is 6.42 Å². The summed E-state index contributed by atoms with van der Waals surface area (Å²) in [6.45, 7) is 2.23. The average molecular weight is 348 g/mol. The van der Waals surface area contributed by atoms with E-state index in [1.165, 1.54) is 0 Å². The summed E-state index contributed by atoms with van der Waals surface area (Å²) in [5.74, 6) is 1.67. The molecule has 1 amide bonds. The molecule has 8 nitrogen and oxygen atoms in total. The molecule has 0 aliphatic carbocycles. The van der Waals surface area contributed by atoms with Gasteiger partial charge in [-0.15, -0.1) is 10.2 Å². The Hall–Kier alpha value is -3.55. The summed E-state index contributed by atoms with van der Waals surface area (Å²) < 4.78 is 7.03. The smallest absolute Gasteiger partial charge is 0.257 e. The second-order valence-corrected chi connectivity index (χ2v) is 5.78. The molecule has 0 atom stereocenters. The lowest BCUT2D eigenvalue weighted by Gasteiger charge is -2.05. The number of fused-ring (bicyclic) bond motifs is 1. The molecule has 0 unspecified atom stereocenters. The van der Waals surface area contributed by atoms with Crippen LogP contribution in [0.4, 0.5) is 0 Å². The minimum atomic E-state index is -0.146. The summed E-state index contributed by atoms with van der Waals surface area (Å²) in [7, 11) is 0. The zero-order valence-electron chi connectivity index (χ0n) is 14.1. The van der Waals surface area contributed by atoms with Crippen molar-refractivity contribution < 1.29 is 9.32 Å². The second-order valence-electron chi connectivity index (χ2n) is 5.78. The fourth-order valence-electron chi connectivity index (χ4n) is 2.63. The number of aromatic nitrogens is 5. The van der Waals surface area contributed by atoms with E-state index in [1.807, 2.05) is 28.8 Å². The van der Waals surface area contributed by atoms with Gasteiger partial charge in [0.1, 0.15) is 5.82 Å². The van der Waals surface area contributed by atoms with Crippen molar-refractivity contribution in [2.24, 2.45) is 0 Å². The Morgan fingerprint density at radius 3 is 2.77 bits per heavy atom. The number of rotatable bonds is 5. The number of hydrogen-bond donors (Lipinski definition) is 1. The molecule has 4 rings (SSSR count). The number of nitrogens with one attached hydrogen (secondary N) is 1. The van der Waals surface area contributed by atoms with Crippen molar-refractivity contribution in [3.63, 3.8) is 0 Å². The van der Waals surface area contributed by atoms with Gasteiger partial charge in [-0.3, -0.25) is 9.20 Å². The molecule has 0 saturated heterocycles. The number of amides is 1. The van der Waals surface area contributed by atoms with Crippen molar-refractivity contribution in [3.8, 4) is 11.5 Å². The van der Waals surface area contributed by atoms with Crippen molar-refractivity contribution >= 4 is 11.6 Å². The van der Waals surface area contributed by atoms with Crippen LogP contribution < -0.4 is 5.32 Å². The molecule has 0 aliphatic rings. The number of nitrogens with zero attached hydrogens (tertiary/aromatic N) is 5. The normalized spacial score (nSPS) is 11.0. The molecule has 0 saturated carbocycles. The van der Waals surface area contributed by atoms with Crippen molar-refractivity contribution in [3.05, 3.63) is 65.9 Å². The summed E-state index contributed by atoms with van der Waals surface area (Å²) in [6, 6.07) is 12.8. The third kappa shape index (κ3) is 3.16. The molecule has 0 bridgehead atoms. The highest BCUT2D eigenvalue weighted by Gasteiger charge is 2.10. The molecule has 130 valence electrons. The van der Waals surface area contributed by atoms with Gasteiger partial charge in [-0.1, -0.05) is 11.2 Å². The highest BCUT2D eigenvalue weighted by Crippen LogP contribution is 2.17. The van der Waals surface area contributed by atoms with Crippen LogP contribution in [0.3, 0.4) is 0 Å². The molecule has 0 fully saturated rings. The first-order valence-corrected chi connectivity index (χ1v) is 8.18. The van der Waals surface area contributed by atoms with E-state index < -0.39 is 0 Å². The quantitative estimate of drug-likeness (QED) is 0.593. The Bertz CT molecular complexity index is 1050. The van der Waals surface area contributed by atoms with Gasteiger partial charge in [-0.05, 0) is 43.3 Å². The van der Waals surface area contributed by atoms with E-state index in [4.69, 9.17) is 4.52 Å². The zero-order valence-corrected chi connectivity index (χ0v) is 14.1. The fraction of sp³-hybridized carbons (Fsp3) is 0.167. The number of carbonyl (C=O) groups is 1. The Kier molecular flexibility index (Phi) is 4.14. The van der Waals surface area contributed by atoms with Crippen LogP contribution in [-0.4, -0.2) is 37.2 Å². The fourth-order valence-corrected chi connectivity index (χ4v) is 2.63. The first-order chi connectivity index (χ1) is 12.7. The van der Waals surface area contributed by atoms with Crippen molar-refractivity contribution in [1.82, 2.24) is 30.1 Å². The molecule has 0 spiro atoms. The van der Waals surface area contributed by atoms with Gasteiger partial charge >= 0.3 is 0 Å². The summed E-state index contributed by atoms with van der Waals surface area (Å²) in [4.78, 5) is 16.4. The first-order valence-electron chi connectivity index (χ1n) is 8.18. The first kappa shape index (κ1) is 15.9. The second kappa shape index (κ2) is 6.75. The van der Waals surface area contributed by atoms with E-state index >= 15 is 0 Å². The van der Waals surface area contributed by atoms with Crippen LogP contribution >= 0.6 is 0 Å². The van der Waals surface area contributed by atoms with Crippen molar-refractivity contribution in [1.29, 1.82) is 0 Å². The molecule has 8 heteroatoms. The van der Waals surface area contributed by atoms with Crippen LogP contribution in [0, 0.1) is 6.92 Å². The van der Waals surface area contributed by atoms with Gasteiger partial charge in [-0.2, -0.15) is 4.98 Å². The predicted octanol–water partition coefficient (Wildman–Crippen LogP) is 2.06. The SMILES string of the molecule is Cc1noc(-c2ccc(C(=O)NCCc3nnc4ccccn34)cc2)n1. The maximum atomic E-state index is 12.3. The van der Waals surface area contributed by atoms with E-state index in [1.54, 1.807) is 31.2 Å². The van der Waals surface area contributed by atoms with Crippen LogP contribution in [0.25, 0.3) is 17.1 Å². The standard InChI is InChI=1S/C18H16N6O2/c1-12-20-18(26-23-12)14-7-5-13(6-8-14)17(25)19-10-9-16-22-21-15-4-2-3-11-24(15)16/h2-8,11H,9-10H2,1H3,(H,19,25).